The van der Waals surface area contributed by atoms with Crippen molar-refractivity contribution in [2.75, 3.05) is 6.61 Å². The summed E-state index contributed by atoms with van der Waals surface area (Å²) >= 11 is 5.70. The van der Waals surface area contributed by atoms with E-state index in [1.807, 2.05) is 6.20 Å². The molecule has 1 aromatic carbocycles. The molecule has 37 heavy (non-hydrogen) atoms. The number of halogens is 5. The largest absolute Gasteiger partial charge is 0.394 e. The Labute approximate surface area is 214 Å². The van der Waals surface area contributed by atoms with Gasteiger partial charge in [-0.2, -0.15) is 18.3 Å². The minimum absolute atomic E-state index is 0.0360. The van der Waals surface area contributed by atoms with Crippen LogP contribution >= 0.6 is 11.6 Å². The molecule has 4 heterocycles. The molecule has 0 amide bonds. The molecule has 0 bridgehead atoms. The standard InChI is InChI=1S/C14H7ClF4N4.C11H16N2O/c15-7-1-2-9(10(16)3-7)11-12-13(22-6-21-11)23-8(5-20-12)4-14(17,18)19;1-2-6-14-11(3-1)9-7-12-13(8-9)10-4-5-10/h1-3,5-6H,4H2;7-8,10-11H,1-6H2. The molecule has 1 aliphatic heterocycles. The molecule has 12 heteroatoms. The molecule has 2 fully saturated rings. The number of rotatable bonds is 4. The Morgan fingerprint density at radius 2 is 1.89 bits per heavy atom. The van der Waals surface area contributed by atoms with Crippen LogP contribution in [0.2, 0.25) is 5.02 Å². The summed E-state index contributed by atoms with van der Waals surface area (Å²) in [7, 11) is 0. The average Bonchev–Trinajstić information content (AvgIpc) is 3.60. The first-order valence-corrected chi connectivity index (χ1v) is 12.3. The predicted octanol–water partition coefficient (Wildman–Crippen LogP) is 6.44. The molecule has 1 saturated heterocycles. The molecule has 0 N–H and O–H groups in total. The number of nitrogens with zero attached hydrogens (tertiary/aromatic N) is 6. The van der Waals surface area contributed by atoms with E-state index in [-0.39, 0.29) is 33.1 Å². The molecule has 6 rings (SSSR count). The SMILES string of the molecule is Fc1cc(Cl)ccc1-c1ncnc2nc(CC(F)(F)F)cnc12.c1nn(C2CC2)cc1C1CCCCO1. The van der Waals surface area contributed by atoms with Gasteiger partial charge in [-0.1, -0.05) is 11.6 Å². The fourth-order valence-electron chi connectivity index (χ4n) is 4.10. The van der Waals surface area contributed by atoms with Crippen molar-refractivity contribution in [3.8, 4) is 11.3 Å². The van der Waals surface area contributed by atoms with Crippen LogP contribution in [0, 0.1) is 5.82 Å². The molecular formula is C25H23ClF4N6O. The lowest BCUT2D eigenvalue weighted by Crippen LogP contribution is -2.13. The van der Waals surface area contributed by atoms with Crippen LogP contribution in [0.4, 0.5) is 17.6 Å². The Kier molecular flexibility index (Phi) is 7.34. The first-order chi connectivity index (χ1) is 17.8. The van der Waals surface area contributed by atoms with Crippen molar-refractivity contribution in [2.24, 2.45) is 0 Å². The summed E-state index contributed by atoms with van der Waals surface area (Å²) in [5.74, 6) is -0.626. The summed E-state index contributed by atoms with van der Waals surface area (Å²) in [5.41, 5.74) is 1.32. The minimum atomic E-state index is -4.40. The summed E-state index contributed by atoms with van der Waals surface area (Å²) in [4.78, 5) is 15.5. The van der Waals surface area contributed by atoms with Gasteiger partial charge in [0.1, 0.15) is 23.4 Å². The Morgan fingerprint density at radius 1 is 1.05 bits per heavy atom. The van der Waals surface area contributed by atoms with Crippen LogP contribution in [-0.2, 0) is 11.2 Å². The second-order valence-electron chi connectivity index (χ2n) is 9.01. The molecule has 1 atom stereocenters. The van der Waals surface area contributed by atoms with Crippen molar-refractivity contribution in [3.63, 3.8) is 0 Å². The van der Waals surface area contributed by atoms with Gasteiger partial charge < -0.3 is 4.74 Å². The van der Waals surface area contributed by atoms with Crippen LogP contribution in [0.5, 0.6) is 0 Å². The number of hydrogen-bond acceptors (Lipinski definition) is 6. The zero-order valence-electron chi connectivity index (χ0n) is 19.6. The molecule has 1 unspecified atom stereocenters. The van der Waals surface area contributed by atoms with E-state index in [0.29, 0.717) is 12.1 Å². The second kappa shape index (κ2) is 10.7. The third kappa shape index (κ3) is 6.40. The van der Waals surface area contributed by atoms with E-state index in [2.05, 4.69) is 35.9 Å². The molecule has 194 valence electrons. The lowest BCUT2D eigenvalue weighted by Gasteiger charge is -2.21. The molecule has 7 nitrogen and oxygen atoms in total. The highest BCUT2D eigenvalue weighted by molar-refractivity contribution is 6.30. The lowest BCUT2D eigenvalue weighted by atomic mass is 10.0. The van der Waals surface area contributed by atoms with Crippen molar-refractivity contribution in [3.05, 3.63) is 65.2 Å². The van der Waals surface area contributed by atoms with Crippen molar-refractivity contribution in [1.29, 1.82) is 0 Å². The van der Waals surface area contributed by atoms with Crippen LogP contribution in [0.1, 0.15) is 55.5 Å². The van der Waals surface area contributed by atoms with Gasteiger partial charge in [0.25, 0.3) is 0 Å². The number of hydrogen-bond donors (Lipinski definition) is 0. The van der Waals surface area contributed by atoms with Crippen molar-refractivity contribution < 1.29 is 22.3 Å². The first kappa shape index (κ1) is 25.5. The number of ether oxygens (including phenoxy) is 1. The summed E-state index contributed by atoms with van der Waals surface area (Å²) in [6.07, 6.45) is 7.19. The third-order valence-corrected chi connectivity index (χ3v) is 6.29. The normalized spacial score (nSPS) is 17.9. The topological polar surface area (TPSA) is 78.6 Å². The first-order valence-electron chi connectivity index (χ1n) is 11.9. The molecule has 4 aromatic rings. The van der Waals surface area contributed by atoms with Gasteiger partial charge in [0.05, 0.1) is 30.5 Å². The van der Waals surface area contributed by atoms with E-state index >= 15 is 0 Å². The Hall–Kier alpha value is -3.18. The number of alkyl halides is 3. The number of benzene rings is 1. The zero-order chi connectivity index (χ0) is 26.0. The van der Waals surface area contributed by atoms with E-state index in [9.17, 15) is 17.6 Å². The van der Waals surface area contributed by atoms with Crippen molar-refractivity contribution in [2.45, 2.75) is 56.8 Å². The summed E-state index contributed by atoms with van der Waals surface area (Å²) in [6, 6.07) is 4.67. The van der Waals surface area contributed by atoms with E-state index < -0.39 is 18.4 Å². The highest BCUT2D eigenvalue weighted by Crippen LogP contribution is 2.36. The summed E-state index contributed by atoms with van der Waals surface area (Å²) < 4.78 is 59.1. The Morgan fingerprint density at radius 3 is 2.59 bits per heavy atom. The van der Waals surface area contributed by atoms with Gasteiger partial charge >= 0.3 is 6.18 Å². The third-order valence-electron chi connectivity index (χ3n) is 6.06. The lowest BCUT2D eigenvalue weighted by molar-refractivity contribution is -0.127. The van der Waals surface area contributed by atoms with E-state index in [1.54, 1.807) is 0 Å². The molecule has 2 aliphatic rings. The van der Waals surface area contributed by atoms with Gasteiger partial charge in [0.15, 0.2) is 5.65 Å². The van der Waals surface area contributed by atoms with Crippen LogP contribution in [0.3, 0.4) is 0 Å². The van der Waals surface area contributed by atoms with E-state index in [0.717, 1.165) is 31.6 Å². The van der Waals surface area contributed by atoms with Crippen molar-refractivity contribution in [1.82, 2.24) is 29.7 Å². The van der Waals surface area contributed by atoms with Gasteiger partial charge in [-0.15, -0.1) is 0 Å². The molecule has 0 spiro atoms. The van der Waals surface area contributed by atoms with E-state index in [4.69, 9.17) is 16.3 Å². The maximum Gasteiger partial charge on any atom is 0.394 e. The highest BCUT2D eigenvalue weighted by Gasteiger charge is 2.29. The summed E-state index contributed by atoms with van der Waals surface area (Å²) in [5, 5.41) is 4.60. The van der Waals surface area contributed by atoms with Crippen LogP contribution in [0.25, 0.3) is 22.4 Å². The Bertz CT molecular complexity index is 1390. The molecule has 1 aliphatic carbocycles. The fraction of sp³-hybridized carbons (Fsp3) is 0.400. The number of aromatic nitrogens is 6. The predicted molar refractivity (Wildman–Crippen MR) is 128 cm³/mol. The summed E-state index contributed by atoms with van der Waals surface area (Å²) in [6.45, 7) is 0.916. The molecular weight excluding hydrogens is 512 g/mol. The maximum atomic E-state index is 14.0. The van der Waals surface area contributed by atoms with Gasteiger partial charge in [-0.05, 0) is 50.3 Å². The monoisotopic (exact) mass is 534 g/mol. The van der Waals surface area contributed by atoms with Crippen LogP contribution in [-0.4, -0.2) is 42.5 Å². The van der Waals surface area contributed by atoms with Gasteiger partial charge in [-0.3, -0.25) is 4.68 Å². The van der Waals surface area contributed by atoms with Crippen LogP contribution < -0.4 is 0 Å². The van der Waals surface area contributed by atoms with Gasteiger partial charge in [-0.25, -0.2) is 24.3 Å². The van der Waals surface area contributed by atoms with Gasteiger partial charge in [0.2, 0.25) is 0 Å². The second-order valence-corrected chi connectivity index (χ2v) is 9.45. The number of fused-ring (bicyclic) bond motifs is 1. The quantitative estimate of drug-likeness (QED) is 0.280. The highest BCUT2D eigenvalue weighted by atomic mass is 35.5. The average molecular weight is 535 g/mol. The maximum absolute atomic E-state index is 14.0. The van der Waals surface area contributed by atoms with E-state index in [1.165, 1.54) is 43.4 Å². The fourth-order valence-corrected chi connectivity index (χ4v) is 4.26. The minimum Gasteiger partial charge on any atom is -0.373 e. The molecule has 1 saturated carbocycles. The van der Waals surface area contributed by atoms with Crippen LogP contribution in [0.15, 0.2) is 43.1 Å². The molecule has 0 radical (unpaired) electrons. The molecule has 3 aromatic heterocycles. The van der Waals surface area contributed by atoms with Crippen molar-refractivity contribution >= 4 is 22.8 Å². The smallest absolute Gasteiger partial charge is 0.373 e. The van der Waals surface area contributed by atoms with Gasteiger partial charge in [0, 0.05) is 35.2 Å². The zero-order valence-corrected chi connectivity index (χ0v) is 20.4. The Balaban J connectivity index is 0.000000170.